The molecule has 5 nitrogen and oxygen atoms in total. The molecule has 1 N–H and O–H groups in total. The van der Waals surface area contributed by atoms with Gasteiger partial charge in [0.15, 0.2) is 0 Å². The Kier molecular flexibility index (Phi) is 5.62. The van der Waals surface area contributed by atoms with Crippen LogP contribution in [-0.2, 0) is 6.42 Å². The zero-order valence-corrected chi connectivity index (χ0v) is 14.7. The standard InChI is InChI=1S/C19H27N5/c1-15-14-18(22-17-6-4-3-5-7-17)23-19(21-15)24(2)13-10-16-8-11-20-12-9-16/h8-9,11-12,14,17H,3-7,10,13H2,1-2H3,(H,21,22,23). The van der Waals surface area contributed by atoms with Gasteiger partial charge in [0.25, 0.3) is 0 Å². The molecule has 0 atom stereocenters. The molecule has 1 fully saturated rings. The van der Waals surface area contributed by atoms with E-state index >= 15 is 0 Å². The molecule has 24 heavy (non-hydrogen) atoms. The Bertz CT molecular complexity index is 637. The summed E-state index contributed by atoms with van der Waals surface area (Å²) in [5, 5.41) is 3.60. The summed E-state index contributed by atoms with van der Waals surface area (Å²) < 4.78 is 0. The van der Waals surface area contributed by atoms with Crippen LogP contribution < -0.4 is 10.2 Å². The van der Waals surface area contributed by atoms with Crippen LogP contribution in [0.1, 0.15) is 43.4 Å². The van der Waals surface area contributed by atoms with E-state index in [1.54, 1.807) is 0 Å². The van der Waals surface area contributed by atoms with Crippen LogP contribution in [0.4, 0.5) is 11.8 Å². The zero-order valence-electron chi connectivity index (χ0n) is 14.7. The van der Waals surface area contributed by atoms with E-state index in [4.69, 9.17) is 4.98 Å². The van der Waals surface area contributed by atoms with Gasteiger partial charge in [-0.25, -0.2) is 4.98 Å². The number of pyridine rings is 1. The van der Waals surface area contributed by atoms with Crippen molar-refractivity contribution < 1.29 is 0 Å². The van der Waals surface area contributed by atoms with Gasteiger partial charge in [-0.3, -0.25) is 4.98 Å². The van der Waals surface area contributed by atoms with Crippen molar-refractivity contribution in [3.63, 3.8) is 0 Å². The van der Waals surface area contributed by atoms with Crippen molar-refractivity contribution in [2.75, 3.05) is 23.8 Å². The highest BCUT2D eigenvalue weighted by atomic mass is 15.2. The number of rotatable bonds is 6. The summed E-state index contributed by atoms with van der Waals surface area (Å²) in [7, 11) is 2.06. The Morgan fingerprint density at radius 1 is 1.12 bits per heavy atom. The summed E-state index contributed by atoms with van der Waals surface area (Å²) in [5.41, 5.74) is 2.29. The molecule has 0 bridgehead atoms. The van der Waals surface area contributed by atoms with Crippen LogP contribution in [0.25, 0.3) is 0 Å². The van der Waals surface area contributed by atoms with Gasteiger partial charge in [0.05, 0.1) is 0 Å². The highest BCUT2D eigenvalue weighted by Crippen LogP contribution is 2.22. The second-order valence-corrected chi connectivity index (χ2v) is 6.70. The summed E-state index contributed by atoms with van der Waals surface area (Å²) in [6.45, 7) is 2.92. The lowest BCUT2D eigenvalue weighted by Gasteiger charge is -2.24. The average molecular weight is 325 g/mol. The minimum absolute atomic E-state index is 0.558. The van der Waals surface area contributed by atoms with E-state index in [2.05, 4.69) is 45.4 Å². The molecule has 128 valence electrons. The Labute approximate surface area is 144 Å². The fourth-order valence-electron chi connectivity index (χ4n) is 3.20. The number of hydrogen-bond donors (Lipinski definition) is 1. The summed E-state index contributed by atoms with van der Waals surface area (Å²) in [6.07, 6.45) is 11.1. The van der Waals surface area contributed by atoms with Crippen LogP contribution in [0.2, 0.25) is 0 Å². The maximum absolute atomic E-state index is 4.73. The van der Waals surface area contributed by atoms with Crippen molar-refractivity contribution in [2.24, 2.45) is 0 Å². The molecule has 3 rings (SSSR count). The summed E-state index contributed by atoms with van der Waals surface area (Å²) in [5.74, 6) is 1.75. The number of likely N-dealkylation sites (N-methyl/N-ethyl adjacent to an activating group) is 1. The van der Waals surface area contributed by atoms with E-state index in [1.807, 2.05) is 19.3 Å². The average Bonchev–Trinajstić information content (AvgIpc) is 2.61. The number of aryl methyl sites for hydroxylation is 1. The number of hydrogen-bond acceptors (Lipinski definition) is 5. The van der Waals surface area contributed by atoms with Crippen molar-refractivity contribution in [3.8, 4) is 0 Å². The van der Waals surface area contributed by atoms with E-state index < -0.39 is 0 Å². The van der Waals surface area contributed by atoms with Gasteiger partial charge in [0.1, 0.15) is 5.82 Å². The molecule has 1 aliphatic carbocycles. The molecule has 0 saturated heterocycles. The van der Waals surface area contributed by atoms with Crippen molar-refractivity contribution in [3.05, 3.63) is 41.9 Å². The van der Waals surface area contributed by atoms with Gasteiger partial charge in [-0.05, 0) is 43.9 Å². The first-order valence-electron chi connectivity index (χ1n) is 8.93. The minimum Gasteiger partial charge on any atom is -0.367 e. The third-order valence-electron chi connectivity index (χ3n) is 4.63. The van der Waals surface area contributed by atoms with Gasteiger partial charge < -0.3 is 10.2 Å². The smallest absolute Gasteiger partial charge is 0.227 e. The molecule has 0 unspecified atom stereocenters. The first-order valence-corrected chi connectivity index (χ1v) is 8.93. The molecule has 2 heterocycles. The third-order valence-corrected chi connectivity index (χ3v) is 4.63. The maximum Gasteiger partial charge on any atom is 0.227 e. The summed E-state index contributed by atoms with van der Waals surface area (Å²) in [4.78, 5) is 15.5. The highest BCUT2D eigenvalue weighted by Gasteiger charge is 2.15. The number of anilines is 2. The monoisotopic (exact) mass is 325 g/mol. The maximum atomic E-state index is 4.73. The zero-order chi connectivity index (χ0) is 16.8. The third kappa shape index (κ3) is 4.66. The molecule has 0 radical (unpaired) electrons. The molecule has 1 aliphatic rings. The first kappa shape index (κ1) is 16.7. The van der Waals surface area contributed by atoms with Gasteiger partial charge in [-0.2, -0.15) is 4.98 Å². The first-order chi connectivity index (χ1) is 11.7. The Morgan fingerprint density at radius 2 is 1.88 bits per heavy atom. The lowest BCUT2D eigenvalue weighted by atomic mass is 9.95. The highest BCUT2D eigenvalue weighted by molar-refractivity contribution is 5.44. The van der Waals surface area contributed by atoms with E-state index in [9.17, 15) is 0 Å². The van der Waals surface area contributed by atoms with Crippen LogP contribution >= 0.6 is 0 Å². The fourth-order valence-corrected chi connectivity index (χ4v) is 3.20. The molecule has 0 spiro atoms. The quantitative estimate of drug-likeness (QED) is 0.879. The van der Waals surface area contributed by atoms with Gasteiger partial charge in [-0.15, -0.1) is 0 Å². The van der Waals surface area contributed by atoms with Gasteiger partial charge in [-0.1, -0.05) is 19.3 Å². The van der Waals surface area contributed by atoms with Gasteiger partial charge in [0, 0.05) is 43.8 Å². The molecule has 0 aliphatic heterocycles. The molecule has 2 aromatic heterocycles. The fraction of sp³-hybridized carbons (Fsp3) is 0.526. The van der Waals surface area contributed by atoms with E-state index in [-0.39, 0.29) is 0 Å². The van der Waals surface area contributed by atoms with E-state index in [0.717, 1.165) is 30.4 Å². The normalized spacial score (nSPS) is 15.2. The largest absolute Gasteiger partial charge is 0.367 e. The van der Waals surface area contributed by atoms with Crippen LogP contribution in [0, 0.1) is 6.92 Å². The van der Waals surface area contributed by atoms with Gasteiger partial charge >= 0.3 is 0 Å². The van der Waals surface area contributed by atoms with E-state index in [0.29, 0.717) is 6.04 Å². The topological polar surface area (TPSA) is 53.9 Å². The molecular weight excluding hydrogens is 298 g/mol. The number of aromatic nitrogens is 3. The number of nitrogens with one attached hydrogen (secondary N) is 1. The second kappa shape index (κ2) is 8.08. The Hall–Kier alpha value is -2.17. The van der Waals surface area contributed by atoms with Crippen LogP contribution in [0.3, 0.4) is 0 Å². The van der Waals surface area contributed by atoms with E-state index in [1.165, 1.54) is 37.7 Å². The minimum atomic E-state index is 0.558. The van der Waals surface area contributed by atoms with Crippen LogP contribution in [0.15, 0.2) is 30.6 Å². The molecule has 5 heteroatoms. The molecule has 1 saturated carbocycles. The Morgan fingerprint density at radius 3 is 2.62 bits per heavy atom. The molecule has 0 amide bonds. The molecule has 2 aromatic rings. The second-order valence-electron chi connectivity index (χ2n) is 6.70. The van der Waals surface area contributed by atoms with Crippen molar-refractivity contribution in [2.45, 2.75) is 51.5 Å². The summed E-state index contributed by atoms with van der Waals surface area (Å²) >= 11 is 0. The van der Waals surface area contributed by atoms with Crippen molar-refractivity contribution in [1.82, 2.24) is 15.0 Å². The van der Waals surface area contributed by atoms with Crippen molar-refractivity contribution in [1.29, 1.82) is 0 Å². The Balaban J connectivity index is 1.63. The van der Waals surface area contributed by atoms with Crippen molar-refractivity contribution >= 4 is 11.8 Å². The molecule has 0 aromatic carbocycles. The lowest BCUT2D eigenvalue weighted by molar-refractivity contribution is 0.462. The lowest BCUT2D eigenvalue weighted by Crippen LogP contribution is -2.26. The number of nitrogens with zero attached hydrogens (tertiary/aromatic N) is 4. The van der Waals surface area contributed by atoms with Gasteiger partial charge in [0.2, 0.25) is 5.95 Å². The predicted molar refractivity (Wildman–Crippen MR) is 98.5 cm³/mol. The SMILES string of the molecule is Cc1cc(NC2CCCCC2)nc(N(C)CCc2ccncc2)n1. The predicted octanol–water partition coefficient (Wildman–Crippen LogP) is 3.60. The van der Waals surface area contributed by atoms with Crippen LogP contribution in [-0.4, -0.2) is 34.6 Å². The summed E-state index contributed by atoms with van der Waals surface area (Å²) in [6, 6.07) is 6.72. The molecular formula is C19H27N5. The van der Waals surface area contributed by atoms with Crippen LogP contribution in [0.5, 0.6) is 0 Å².